The molecule has 120 valence electrons. The predicted octanol–water partition coefficient (Wildman–Crippen LogP) is 4.01. The first-order valence-electron chi connectivity index (χ1n) is 6.53. The zero-order chi connectivity index (χ0) is 17.3. The molecule has 0 aliphatic rings. The van der Waals surface area contributed by atoms with Gasteiger partial charge in [-0.1, -0.05) is 17.7 Å². The first-order chi connectivity index (χ1) is 11.5. The Morgan fingerprint density at radius 3 is 2.79 bits per heavy atom. The third kappa shape index (κ3) is 2.79. The van der Waals surface area contributed by atoms with Crippen molar-refractivity contribution in [3.8, 4) is 0 Å². The normalized spacial score (nSPS) is 11.2. The Morgan fingerprint density at radius 2 is 2.08 bits per heavy atom. The van der Waals surface area contributed by atoms with Crippen molar-refractivity contribution < 1.29 is 14.8 Å². The van der Waals surface area contributed by atoms with Gasteiger partial charge in [0.2, 0.25) is 0 Å². The van der Waals surface area contributed by atoms with E-state index in [4.69, 9.17) is 11.6 Å². The number of hydrogen-bond donors (Lipinski definition) is 1. The van der Waals surface area contributed by atoms with Gasteiger partial charge in [-0.25, -0.2) is 9.78 Å². The number of fused-ring (bicyclic) bond motifs is 1. The number of nitro groups is 1. The molecule has 0 amide bonds. The highest BCUT2D eigenvalue weighted by Gasteiger charge is 2.18. The molecule has 1 aromatic carbocycles. The molecule has 0 unspecified atom stereocenters. The molecule has 0 atom stereocenters. The summed E-state index contributed by atoms with van der Waals surface area (Å²) in [5.74, 6) is -1.24. The van der Waals surface area contributed by atoms with Crippen molar-refractivity contribution >= 4 is 40.4 Å². The molecule has 0 spiro atoms. The second-order valence-electron chi connectivity index (χ2n) is 4.61. The fourth-order valence-electron chi connectivity index (χ4n) is 2.03. The number of benzene rings is 1. The fourth-order valence-corrected chi connectivity index (χ4v) is 2.22. The van der Waals surface area contributed by atoms with Gasteiger partial charge in [0.25, 0.3) is 5.69 Å². The van der Waals surface area contributed by atoms with Crippen molar-refractivity contribution in [1.29, 1.82) is 0 Å². The van der Waals surface area contributed by atoms with Gasteiger partial charge in [0.1, 0.15) is 10.7 Å². The van der Waals surface area contributed by atoms with Crippen LogP contribution in [0.5, 0.6) is 0 Å². The molecule has 0 saturated heterocycles. The van der Waals surface area contributed by atoms with Crippen molar-refractivity contribution in [3.05, 3.63) is 63.4 Å². The smallest absolute Gasteiger partial charge is 0.358 e. The van der Waals surface area contributed by atoms with Crippen LogP contribution in [-0.4, -0.2) is 25.4 Å². The molecule has 0 aliphatic heterocycles. The van der Waals surface area contributed by atoms with Crippen molar-refractivity contribution in [2.45, 2.75) is 0 Å². The molecule has 0 bridgehead atoms. The lowest BCUT2D eigenvalue weighted by atomic mass is 10.3. The molecule has 10 heteroatoms. The fraction of sp³-hybridized carbons (Fsp3) is 0. The van der Waals surface area contributed by atoms with E-state index in [0.29, 0.717) is 5.65 Å². The number of pyridine rings is 1. The topological polar surface area (TPSA) is 122 Å². The van der Waals surface area contributed by atoms with E-state index in [1.54, 1.807) is 24.4 Å². The lowest BCUT2D eigenvalue weighted by Crippen LogP contribution is -1.96. The Kier molecular flexibility index (Phi) is 3.92. The summed E-state index contributed by atoms with van der Waals surface area (Å²) >= 11 is 5.73. The maximum Gasteiger partial charge on any atom is 0.358 e. The molecular weight excluding hydrogens is 338 g/mol. The monoisotopic (exact) mass is 345 g/mol. The second kappa shape index (κ2) is 6.05. The first-order valence-corrected chi connectivity index (χ1v) is 6.91. The third-order valence-corrected chi connectivity index (χ3v) is 3.41. The van der Waals surface area contributed by atoms with Gasteiger partial charge in [0.05, 0.1) is 10.6 Å². The Morgan fingerprint density at radius 1 is 1.29 bits per heavy atom. The number of nitrogens with zero attached hydrogens (tertiary/aromatic N) is 5. The van der Waals surface area contributed by atoms with Crippen LogP contribution < -0.4 is 0 Å². The summed E-state index contributed by atoms with van der Waals surface area (Å²) in [5.41, 5.74) is -0.0302. The number of halogens is 1. The Hall–Kier alpha value is -3.33. The number of imidazole rings is 1. The second-order valence-corrected chi connectivity index (χ2v) is 5.02. The minimum absolute atomic E-state index is 0.00991. The quantitative estimate of drug-likeness (QED) is 0.434. The summed E-state index contributed by atoms with van der Waals surface area (Å²) in [5, 5.41) is 27.8. The molecule has 0 aliphatic carbocycles. The molecule has 0 radical (unpaired) electrons. The summed E-state index contributed by atoms with van der Waals surface area (Å²) < 4.78 is 1.46. The highest BCUT2D eigenvalue weighted by Crippen LogP contribution is 2.30. The minimum atomic E-state index is -1.25. The van der Waals surface area contributed by atoms with Crippen molar-refractivity contribution in [2.75, 3.05) is 0 Å². The van der Waals surface area contributed by atoms with Gasteiger partial charge < -0.3 is 5.11 Å². The summed E-state index contributed by atoms with van der Waals surface area (Å²) in [6, 6.07) is 8.92. The molecule has 24 heavy (non-hydrogen) atoms. The number of rotatable bonds is 4. The number of carboxylic acids is 1. The van der Waals surface area contributed by atoms with E-state index in [0.717, 1.165) is 6.07 Å². The molecule has 3 rings (SSSR count). The molecule has 0 saturated carbocycles. The highest BCUT2D eigenvalue weighted by atomic mass is 35.5. The summed E-state index contributed by atoms with van der Waals surface area (Å²) in [4.78, 5) is 25.5. The standard InChI is InChI=1S/C14H8ClN5O4/c15-9-5-4-8(7-10(9)20(23)24)17-18-13-12(14(21)22)16-11-3-1-2-6-19(11)13/h1-7H,(H,21,22). The van der Waals surface area contributed by atoms with Crippen molar-refractivity contribution in [3.63, 3.8) is 0 Å². The number of hydrogen-bond acceptors (Lipinski definition) is 6. The summed E-state index contributed by atoms with van der Waals surface area (Å²) in [7, 11) is 0. The molecule has 9 nitrogen and oxygen atoms in total. The molecule has 2 heterocycles. The first kappa shape index (κ1) is 15.6. The number of carboxylic acid groups (broad SMARTS) is 1. The van der Waals surface area contributed by atoms with Crippen molar-refractivity contribution in [2.24, 2.45) is 10.2 Å². The van der Waals surface area contributed by atoms with Gasteiger partial charge in [-0.3, -0.25) is 14.5 Å². The minimum Gasteiger partial charge on any atom is -0.476 e. The number of aromatic carboxylic acids is 1. The van der Waals surface area contributed by atoms with Crippen LogP contribution in [0.4, 0.5) is 17.2 Å². The van der Waals surface area contributed by atoms with Gasteiger partial charge in [0, 0.05) is 12.3 Å². The van der Waals surface area contributed by atoms with Gasteiger partial charge in [-0.05, 0) is 24.3 Å². The summed E-state index contributed by atoms with van der Waals surface area (Å²) in [6.07, 6.45) is 1.59. The van der Waals surface area contributed by atoms with Crippen LogP contribution in [0.3, 0.4) is 0 Å². The van der Waals surface area contributed by atoms with Gasteiger partial charge in [-0.2, -0.15) is 0 Å². The predicted molar refractivity (Wildman–Crippen MR) is 84.4 cm³/mol. The van der Waals surface area contributed by atoms with Crippen LogP contribution in [0.15, 0.2) is 52.8 Å². The van der Waals surface area contributed by atoms with Crippen molar-refractivity contribution in [1.82, 2.24) is 9.38 Å². The molecule has 2 aromatic heterocycles. The van der Waals surface area contributed by atoms with Crippen LogP contribution in [0.1, 0.15) is 10.5 Å². The zero-order valence-electron chi connectivity index (χ0n) is 11.8. The molecule has 0 fully saturated rings. The van der Waals surface area contributed by atoms with E-state index in [1.165, 1.54) is 16.5 Å². The van der Waals surface area contributed by atoms with Crippen LogP contribution in [-0.2, 0) is 0 Å². The number of aromatic nitrogens is 2. The van der Waals surface area contributed by atoms with E-state index >= 15 is 0 Å². The average molecular weight is 346 g/mol. The van der Waals surface area contributed by atoms with Gasteiger partial charge >= 0.3 is 5.97 Å². The van der Waals surface area contributed by atoms with E-state index in [-0.39, 0.29) is 27.9 Å². The van der Waals surface area contributed by atoms with Crippen LogP contribution >= 0.6 is 11.6 Å². The molecular formula is C14H8ClN5O4. The van der Waals surface area contributed by atoms with Crippen LogP contribution in [0, 0.1) is 10.1 Å². The zero-order valence-corrected chi connectivity index (χ0v) is 12.6. The Bertz CT molecular complexity index is 998. The van der Waals surface area contributed by atoms with Gasteiger partial charge in [0.15, 0.2) is 11.5 Å². The largest absolute Gasteiger partial charge is 0.476 e. The maximum atomic E-state index is 11.3. The lowest BCUT2D eigenvalue weighted by Gasteiger charge is -1.97. The number of azo groups is 1. The SMILES string of the molecule is O=C(O)c1nc2ccccn2c1N=Nc1ccc(Cl)c([N+](=O)[O-])c1. The van der Waals surface area contributed by atoms with E-state index < -0.39 is 10.9 Å². The van der Waals surface area contributed by atoms with Crippen LogP contribution in [0.2, 0.25) is 5.02 Å². The third-order valence-electron chi connectivity index (χ3n) is 3.09. The van der Waals surface area contributed by atoms with E-state index in [2.05, 4.69) is 15.2 Å². The Labute approximate surface area is 139 Å². The number of nitro benzene ring substituents is 1. The molecule has 3 aromatic rings. The average Bonchev–Trinajstić information content (AvgIpc) is 2.93. The van der Waals surface area contributed by atoms with Gasteiger partial charge in [-0.15, -0.1) is 10.2 Å². The van der Waals surface area contributed by atoms with Crippen LogP contribution in [0.25, 0.3) is 5.65 Å². The lowest BCUT2D eigenvalue weighted by molar-refractivity contribution is -0.384. The molecule has 1 N–H and O–H groups in total. The summed E-state index contributed by atoms with van der Waals surface area (Å²) in [6.45, 7) is 0. The maximum absolute atomic E-state index is 11.3. The van der Waals surface area contributed by atoms with E-state index in [9.17, 15) is 20.0 Å². The number of carbonyl (C=O) groups is 1. The van der Waals surface area contributed by atoms with E-state index in [1.807, 2.05) is 0 Å². The highest BCUT2D eigenvalue weighted by molar-refractivity contribution is 6.32. The Balaban J connectivity index is 2.08.